The number of pyridine rings is 1. The van der Waals surface area contributed by atoms with Gasteiger partial charge in [0.2, 0.25) is 0 Å². The molecule has 5 heteroatoms. The zero-order valence-corrected chi connectivity index (χ0v) is 15.2. The second-order valence-corrected chi connectivity index (χ2v) is 7.42. The van der Waals surface area contributed by atoms with Crippen molar-refractivity contribution in [1.82, 2.24) is 4.98 Å². The van der Waals surface area contributed by atoms with Crippen LogP contribution in [-0.4, -0.2) is 4.98 Å². The summed E-state index contributed by atoms with van der Waals surface area (Å²) >= 11 is 14.0. The standard InChI is InChI=1S/C18H16Cl2N2S/c1-11-12-5-2-3-6-13(12)14(9-21)18(22-11)23-10-15-16(19)7-4-8-17(15)20/h4,7-8H,2-3,5-6,10H2,1H3. The lowest BCUT2D eigenvalue weighted by Gasteiger charge is -2.20. The SMILES string of the molecule is Cc1nc(SCc2c(Cl)cccc2Cl)c(C#N)c2c1CCCC2. The van der Waals surface area contributed by atoms with E-state index >= 15 is 0 Å². The van der Waals surface area contributed by atoms with Gasteiger partial charge in [0.1, 0.15) is 11.1 Å². The van der Waals surface area contributed by atoms with Gasteiger partial charge in [0.25, 0.3) is 0 Å². The highest BCUT2D eigenvalue weighted by Crippen LogP contribution is 2.35. The first kappa shape index (κ1) is 16.6. The van der Waals surface area contributed by atoms with Crippen molar-refractivity contribution in [2.45, 2.75) is 43.4 Å². The molecule has 0 spiro atoms. The third-order valence-corrected chi connectivity index (χ3v) is 5.93. The molecule has 3 rings (SSSR count). The van der Waals surface area contributed by atoms with E-state index in [9.17, 15) is 5.26 Å². The third kappa shape index (κ3) is 3.35. The summed E-state index contributed by atoms with van der Waals surface area (Å²) in [5.74, 6) is 0.610. The number of thioether (sulfide) groups is 1. The summed E-state index contributed by atoms with van der Waals surface area (Å²) in [6, 6.07) is 7.87. The van der Waals surface area contributed by atoms with Crippen molar-refractivity contribution in [2.75, 3.05) is 0 Å². The maximum atomic E-state index is 9.62. The maximum Gasteiger partial charge on any atom is 0.115 e. The number of rotatable bonds is 3. The van der Waals surface area contributed by atoms with E-state index in [4.69, 9.17) is 23.2 Å². The fourth-order valence-corrected chi connectivity index (χ4v) is 4.81. The molecule has 0 saturated carbocycles. The molecule has 0 fully saturated rings. The predicted octanol–water partition coefficient (Wildman–Crippen LogP) is 5.74. The lowest BCUT2D eigenvalue weighted by atomic mass is 9.88. The van der Waals surface area contributed by atoms with E-state index in [2.05, 4.69) is 11.1 Å². The molecule has 0 amide bonds. The average Bonchev–Trinajstić information content (AvgIpc) is 2.55. The molecule has 2 aromatic rings. The zero-order valence-electron chi connectivity index (χ0n) is 12.8. The zero-order chi connectivity index (χ0) is 16.4. The summed E-state index contributed by atoms with van der Waals surface area (Å²) in [6.45, 7) is 2.04. The van der Waals surface area contributed by atoms with Gasteiger partial charge in [0.05, 0.1) is 5.56 Å². The Kier molecular flexibility index (Phi) is 5.16. The Bertz CT molecular complexity index is 776. The van der Waals surface area contributed by atoms with Crippen LogP contribution in [0, 0.1) is 18.3 Å². The van der Waals surface area contributed by atoms with Gasteiger partial charge < -0.3 is 0 Å². The van der Waals surface area contributed by atoms with Gasteiger partial charge in [-0.05, 0) is 61.4 Å². The van der Waals surface area contributed by atoms with Crippen molar-refractivity contribution < 1.29 is 0 Å². The fourth-order valence-electron chi connectivity index (χ4n) is 3.02. The van der Waals surface area contributed by atoms with Crippen LogP contribution in [0.3, 0.4) is 0 Å². The third-order valence-electron chi connectivity index (χ3n) is 4.22. The number of aryl methyl sites for hydroxylation is 1. The molecule has 0 N–H and O–H groups in total. The van der Waals surface area contributed by atoms with Crippen LogP contribution in [0.15, 0.2) is 23.2 Å². The van der Waals surface area contributed by atoms with Crippen LogP contribution in [0.4, 0.5) is 0 Å². The van der Waals surface area contributed by atoms with Crippen molar-refractivity contribution in [1.29, 1.82) is 5.26 Å². The van der Waals surface area contributed by atoms with Gasteiger partial charge in [-0.2, -0.15) is 5.26 Å². The summed E-state index contributed by atoms with van der Waals surface area (Å²) in [5, 5.41) is 11.7. The summed E-state index contributed by atoms with van der Waals surface area (Å²) in [4.78, 5) is 4.69. The monoisotopic (exact) mass is 362 g/mol. The molecule has 1 aliphatic rings. The van der Waals surface area contributed by atoms with E-state index in [1.54, 1.807) is 0 Å². The molecule has 0 unspecified atom stereocenters. The van der Waals surface area contributed by atoms with Crippen molar-refractivity contribution in [3.8, 4) is 6.07 Å². The molecule has 118 valence electrons. The number of hydrogen-bond acceptors (Lipinski definition) is 3. The molecule has 1 aliphatic carbocycles. The number of benzene rings is 1. The summed E-state index contributed by atoms with van der Waals surface area (Å²) in [7, 11) is 0. The number of nitriles is 1. The smallest absolute Gasteiger partial charge is 0.115 e. The lowest BCUT2D eigenvalue weighted by Crippen LogP contribution is -2.10. The van der Waals surface area contributed by atoms with Crippen LogP contribution in [-0.2, 0) is 18.6 Å². The first-order valence-electron chi connectivity index (χ1n) is 7.60. The molecular formula is C18H16Cl2N2S. The number of nitrogens with zero attached hydrogens (tertiary/aromatic N) is 2. The second-order valence-electron chi connectivity index (χ2n) is 5.64. The topological polar surface area (TPSA) is 36.7 Å². The number of fused-ring (bicyclic) bond motifs is 1. The Morgan fingerprint density at radius 3 is 2.48 bits per heavy atom. The molecule has 2 nitrogen and oxygen atoms in total. The van der Waals surface area contributed by atoms with E-state index in [1.807, 2.05) is 25.1 Å². The predicted molar refractivity (Wildman–Crippen MR) is 96.4 cm³/mol. The van der Waals surface area contributed by atoms with Gasteiger partial charge in [-0.3, -0.25) is 0 Å². The normalized spacial score (nSPS) is 13.5. The first-order chi connectivity index (χ1) is 11.1. The van der Waals surface area contributed by atoms with Crippen molar-refractivity contribution in [3.63, 3.8) is 0 Å². The summed E-state index contributed by atoms with van der Waals surface area (Å²) in [5.41, 5.74) is 5.14. The lowest BCUT2D eigenvalue weighted by molar-refractivity contribution is 0.669. The molecule has 23 heavy (non-hydrogen) atoms. The van der Waals surface area contributed by atoms with E-state index in [1.165, 1.54) is 29.3 Å². The highest BCUT2D eigenvalue weighted by Gasteiger charge is 2.21. The van der Waals surface area contributed by atoms with E-state index < -0.39 is 0 Å². The quantitative estimate of drug-likeness (QED) is 0.653. The van der Waals surface area contributed by atoms with Crippen LogP contribution < -0.4 is 0 Å². The molecule has 1 aromatic heterocycles. The average molecular weight is 363 g/mol. The van der Waals surface area contributed by atoms with E-state index in [0.29, 0.717) is 15.8 Å². The minimum atomic E-state index is 0.610. The van der Waals surface area contributed by atoms with Gasteiger partial charge in [-0.1, -0.05) is 29.3 Å². The molecule has 1 aromatic carbocycles. The number of halogens is 2. The van der Waals surface area contributed by atoms with Gasteiger partial charge in [0.15, 0.2) is 0 Å². The molecule has 1 heterocycles. The fraction of sp³-hybridized carbons (Fsp3) is 0.333. The van der Waals surface area contributed by atoms with Crippen molar-refractivity contribution in [2.24, 2.45) is 0 Å². The minimum Gasteiger partial charge on any atom is -0.245 e. The number of aromatic nitrogens is 1. The van der Waals surface area contributed by atoms with Gasteiger partial charge in [-0.15, -0.1) is 11.8 Å². The molecular weight excluding hydrogens is 347 g/mol. The van der Waals surface area contributed by atoms with Gasteiger partial charge >= 0.3 is 0 Å². The van der Waals surface area contributed by atoms with Gasteiger partial charge in [0, 0.05) is 21.5 Å². The van der Waals surface area contributed by atoms with Crippen molar-refractivity contribution >= 4 is 35.0 Å². The Morgan fingerprint density at radius 2 is 1.83 bits per heavy atom. The Balaban J connectivity index is 1.95. The molecule has 0 saturated heterocycles. The first-order valence-corrected chi connectivity index (χ1v) is 9.34. The second kappa shape index (κ2) is 7.13. The van der Waals surface area contributed by atoms with Crippen molar-refractivity contribution in [3.05, 3.63) is 56.2 Å². The largest absolute Gasteiger partial charge is 0.245 e. The maximum absolute atomic E-state index is 9.62. The van der Waals surface area contributed by atoms with Crippen LogP contribution >= 0.6 is 35.0 Å². The summed E-state index contributed by atoms with van der Waals surface area (Å²) in [6.07, 6.45) is 4.33. The Hall–Kier alpha value is -1.21. The Labute approximate surface area is 150 Å². The van der Waals surface area contributed by atoms with Crippen LogP contribution in [0.25, 0.3) is 0 Å². The molecule has 0 bridgehead atoms. The minimum absolute atomic E-state index is 0.610. The molecule has 0 aliphatic heterocycles. The van der Waals surface area contributed by atoms with E-state index in [-0.39, 0.29) is 0 Å². The highest BCUT2D eigenvalue weighted by molar-refractivity contribution is 7.98. The molecule has 0 radical (unpaired) electrons. The van der Waals surface area contributed by atoms with Crippen LogP contribution in [0.2, 0.25) is 10.0 Å². The van der Waals surface area contributed by atoms with Gasteiger partial charge in [-0.25, -0.2) is 4.98 Å². The number of hydrogen-bond donors (Lipinski definition) is 0. The Morgan fingerprint density at radius 1 is 1.17 bits per heavy atom. The van der Waals surface area contributed by atoms with Crippen LogP contribution in [0.1, 0.15) is 40.8 Å². The van der Waals surface area contributed by atoms with Crippen LogP contribution in [0.5, 0.6) is 0 Å². The highest BCUT2D eigenvalue weighted by atomic mass is 35.5. The molecule has 0 atom stereocenters. The van der Waals surface area contributed by atoms with E-state index in [0.717, 1.165) is 41.1 Å². The summed E-state index contributed by atoms with van der Waals surface area (Å²) < 4.78 is 0.